The average Bonchev–Trinajstić information content (AvgIpc) is 2.87. The number of carbonyl (C=O) groups excluding carboxylic acids is 1. The fourth-order valence-electron chi connectivity index (χ4n) is 2.29. The van der Waals surface area contributed by atoms with Crippen LogP contribution in [-0.2, 0) is 9.53 Å². The molecule has 0 aromatic heterocycles. The minimum atomic E-state index is -0.531. The first-order valence-corrected chi connectivity index (χ1v) is 8.42. The molecule has 1 aliphatic heterocycles. The molecule has 2 aromatic rings. The summed E-state index contributed by atoms with van der Waals surface area (Å²) in [6, 6.07) is 12.3. The highest BCUT2D eigenvalue weighted by Crippen LogP contribution is 2.26. The fourth-order valence-corrected chi connectivity index (χ4v) is 2.78. The molecule has 1 aliphatic rings. The number of halogens is 2. The summed E-state index contributed by atoms with van der Waals surface area (Å²) >= 11 is 12.0. The van der Waals surface area contributed by atoms with Crippen LogP contribution in [0, 0.1) is 0 Å². The van der Waals surface area contributed by atoms with Crippen LogP contribution in [0.15, 0.2) is 53.2 Å². The molecular formula is C19H15Cl2NO3. The number of nitrogens with zero attached hydrogens (tertiary/aromatic N) is 1. The van der Waals surface area contributed by atoms with Crippen molar-refractivity contribution in [2.45, 2.75) is 20.0 Å². The molecule has 0 saturated carbocycles. The molecule has 6 heteroatoms. The quantitative estimate of drug-likeness (QED) is 0.549. The highest BCUT2D eigenvalue weighted by atomic mass is 35.5. The Balaban J connectivity index is 1.91. The third kappa shape index (κ3) is 4.21. The number of ether oxygens (including phenoxy) is 2. The molecule has 4 nitrogen and oxygen atoms in total. The molecule has 25 heavy (non-hydrogen) atoms. The van der Waals surface area contributed by atoms with Crippen LogP contribution >= 0.6 is 23.2 Å². The molecule has 0 radical (unpaired) electrons. The van der Waals surface area contributed by atoms with E-state index in [0.29, 0.717) is 15.6 Å². The van der Waals surface area contributed by atoms with Crippen LogP contribution < -0.4 is 4.74 Å². The molecule has 2 aromatic carbocycles. The van der Waals surface area contributed by atoms with Crippen molar-refractivity contribution in [3.05, 3.63) is 69.3 Å². The molecule has 0 aliphatic carbocycles. The summed E-state index contributed by atoms with van der Waals surface area (Å²) in [7, 11) is 0. The molecule has 0 amide bonds. The zero-order valence-electron chi connectivity index (χ0n) is 13.6. The van der Waals surface area contributed by atoms with Gasteiger partial charge in [-0.2, -0.15) is 0 Å². The van der Waals surface area contributed by atoms with Gasteiger partial charge in [-0.1, -0.05) is 35.3 Å². The number of hydrogen-bond acceptors (Lipinski definition) is 4. The molecule has 0 saturated heterocycles. The van der Waals surface area contributed by atoms with Crippen LogP contribution in [0.2, 0.25) is 10.0 Å². The van der Waals surface area contributed by atoms with E-state index < -0.39 is 5.97 Å². The Morgan fingerprint density at radius 1 is 1.16 bits per heavy atom. The fraction of sp³-hybridized carbons (Fsp3) is 0.158. The summed E-state index contributed by atoms with van der Waals surface area (Å²) in [6.07, 6.45) is 1.71. The van der Waals surface area contributed by atoms with Crippen LogP contribution in [0.4, 0.5) is 0 Å². The minimum absolute atomic E-state index is 0.0658. The molecule has 0 atom stereocenters. The molecule has 3 rings (SSSR count). The Morgan fingerprint density at radius 3 is 2.68 bits per heavy atom. The van der Waals surface area contributed by atoms with Crippen molar-refractivity contribution in [1.82, 2.24) is 0 Å². The van der Waals surface area contributed by atoms with Crippen molar-refractivity contribution in [1.29, 1.82) is 0 Å². The number of rotatable bonds is 4. The minimum Gasteiger partial charge on any atom is -0.491 e. The van der Waals surface area contributed by atoms with E-state index in [9.17, 15) is 4.79 Å². The van der Waals surface area contributed by atoms with E-state index in [1.807, 2.05) is 38.1 Å². The first-order chi connectivity index (χ1) is 11.9. The van der Waals surface area contributed by atoms with Gasteiger partial charge in [0, 0.05) is 5.02 Å². The molecule has 1 heterocycles. The summed E-state index contributed by atoms with van der Waals surface area (Å²) < 4.78 is 10.9. The van der Waals surface area contributed by atoms with E-state index in [0.717, 1.165) is 11.3 Å². The van der Waals surface area contributed by atoms with E-state index in [-0.39, 0.29) is 17.7 Å². The molecular weight excluding hydrogens is 361 g/mol. The monoisotopic (exact) mass is 375 g/mol. The Bertz CT molecular complexity index is 888. The van der Waals surface area contributed by atoms with E-state index in [1.165, 1.54) is 0 Å². The van der Waals surface area contributed by atoms with Gasteiger partial charge in [0.2, 0.25) is 5.90 Å². The average molecular weight is 376 g/mol. The lowest BCUT2D eigenvalue weighted by Gasteiger charge is -2.09. The number of benzene rings is 2. The maximum Gasteiger partial charge on any atom is 0.363 e. The molecule has 0 spiro atoms. The summed E-state index contributed by atoms with van der Waals surface area (Å²) in [5.74, 6) is 0.351. The van der Waals surface area contributed by atoms with Crippen molar-refractivity contribution in [2.24, 2.45) is 4.99 Å². The summed E-state index contributed by atoms with van der Waals surface area (Å²) in [5, 5.41) is 0.865. The van der Waals surface area contributed by atoms with E-state index in [2.05, 4.69) is 4.99 Å². The molecule has 0 N–H and O–H groups in total. The molecule has 0 fully saturated rings. The van der Waals surface area contributed by atoms with Crippen LogP contribution in [-0.4, -0.2) is 18.0 Å². The standard InChI is InChI=1S/C19H15Cl2NO3/c1-11(2)24-14-5-3-4-12(8-14)9-17-19(23)25-18(22-17)15-7-6-13(20)10-16(15)21/h3-11H,1-2H3/b17-9-. The van der Waals surface area contributed by atoms with Gasteiger partial charge in [-0.25, -0.2) is 9.79 Å². The summed E-state index contributed by atoms with van der Waals surface area (Å²) in [5.41, 5.74) is 1.50. The highest BCUT2D eigenvalue weighted by molar-refractivity contribution is 6.37. The van der Waals surface area contributed by atoms with Crippen molar-refractivity contribution in [2.75, 3.05) is 0 Å². The first-order valence-electron chi connectivity index (χ1n) is 7.67. The predicted octanol–water partition coefficient (Wildman–Crippen LogP) is 5.13. The van der Waals surface area contributed by atoms with Gasteiger partial charge in [0.15, 0.2) is 5.70 Å². The van der Waals surface area contributed by atoms with Gasteiger partial charge < -0.3 is 9.47 Å². The third-order valence-electron chi connectivity index (χ3n) is 3.32. The van der Waals surface area contributed by atoms with E-state index in [4.69, 9.17) is 32.7 Å². The summed E-state index contributed by atoms with van der Waals surface area (Å²) in [4.78, 5) is 16.4. The zero-order valence-corrected chi connectivity index (χ0v) is 15.1. The lowest BCUT2D eigenvalue weighted by molar-refractivity contribution is -0.129. The Labute approximate surface area is 155 Å². The predicted molar refractivity (Wildman–Crippen MR) is 99.3 cm³/mol. The number of esters is 1. The van der Waals surface area contributed by atoms with Crippen molar-refractivity contribution in [3.8, 4) is 5.75 Å². The lowest BCUT2D eigenvalue weighted by atomic mass is 10.2. The Hall–Kier alpha value is -2.30. The van der Waals surface area contributed by atoms with Crippen molar-refractivity contribution < 1.29 is 14.3 Å². The summed E-state index contributed by atoms with van der Waals surface area (Å²) in [6.45, 7) is 3.90. The zero-order chi connectivity index (χ0) is 18.0. The van der Waals surface area contributed by atoms with E-state index in [1.54, 1.807) is 24.3 Å². The topological polar surface area (TPSA) is 47.9 Å². The van der Waals surface area contributed by atoms with Crippen molar-refractivity contribution >= 4 is 41.1 Å². The van der Waals surface area contributed by atoms with Gasteiger partial charge in [0.05, 0.1) is 16.7 Å². The lowest BCUT2D eigenvalue weighted by Crippen LogP contribution is -2.06. The van der Waals surface area contributed by atoms with Gasteiger partial charge in [-0.3, -0.25) is 0 Å². The second kappa shape index (κ2) is 7.30. The number of cyclic esters (lactones) is 1. The number of hydrogen-bond donors (Lipinski definition) is 0. The highest BCUT2D eigenvalue weighted by Gasteiger charge is 2.25. The second-order valence-electron chi connectivity index (χ2n) is 5.70. The van der Waals surface area contributed by atoms with Gasteiger partial charge >= 0.3 is 5.97 Å². The van der Waals surface area contributed by atoms with Gasteiger partial charge in [-0.15, -0.1) is 0 Å². The third-order valence-corrected chi connectivity index (χ3v) is 3.86. The van der Waals surface area contributed by atoms with Gasteiger partial charge in [-0.05, 0) is 55.8 Å². The maximum atomic E-state index is 12.1. The first kappa shape index (κ1) is 17.5. The van der Waals surface area contributed by atoms with Gasteiger partial charge in [0.1, 0.15) is 5.75 Å². The van der Waals surface area contributed by atoms with Gasteiger partial charge in [0.25, 0.3) is 0 Å². The second-order valence-corrected chi connectivity index (χ2v) is 6.54. The largest absolute Gasteiger partial charge is 0.491 e. The van der Waals surface area contributed by atoms with Crippen LogP contribution in [0.5, 0.6) is 5.75 Å². The number of aliphatic imine (C=N–C) groups is 1. The van der Waals surface area contributed by atoms with E-state index >= 15 is 0 Å². The normalized spacial score (nSPS) is 15.5. The smallest absolute Gasteiger partial charge is 0.363 e. The van der Waals surface area contributed by atoms with Crippen LogP contribution in [0.3, 0.4) is 0 Å². The Morgan fingerprint density at radius 2 is 1.96 bits per heavy atom. The number of carbonyl (C=O) groups is 1. The maximum absolute atomic E-state index is 12.1. The van der Waals surface area contributed by atoms with Crippen LogP contribution in [0.25, 0.3) is 6.08 Å². The molecule has 0 unspecified atom stereocenters. The Kier molecular flexibility index (Phi) is 5.11. The SMILES string of the molecule is CC(C)Oc1cccc(/C=C2\N=C(c3ccc(Cl)cc3Cl)OC2=O)c1. The molecule has 128 valence electrons. The van der Waals surface area contributed by atoms with Crippen molar-refractivity contribution in [3.63, 3.8) is 0 Å². The molecule has 0 bridgehead atoms. The van der Waals surface area contributed by atoms with Crippen LogP contribution in [0.1, 0.15) is 25.0 Å².